The summed E-state index contributed by atoms with van der Waals surface area (Å²) in [6, 6.07) is 7.54. The fraction of sp³-hybridized carbons (Fsp3) is 0.500. The van der Waals surface area contributed by atoms with E-state index >= 15 is 0 Å². The van der Waals surface area contributed by atoms with Crippen LogP contribution in [0.5, 0.6) is 0 Å². The highest BCUT2D eigenvalue weighted by atomic mass is 32.2. The van der Waals surface area contributed by atoms with E-state index in [1.807, 2.05) is 31.2 Å². The van der Waals surface area contributed by atoms with Crippen LogP contribution in [0.15, 0.2) is 36.9 Å². The molecule has 1 amide bonds. The van der Waals surface area contributed by atoms with Crippen molar-refractivity contribution >= 4 is 15.9 Å². The zero-order chi connectivity index (χ0) is 18.0. The van der Waals surface area contributed by atoms with Crippen molar-refractivity contribution in [2.75, 3.05) is 13.1 Å². The number of rotatable bonds is 7. The van der Waals surface area contributed by atoms with Gasteiger partial charge in [0.15, 0.2) is 0 Å². The van der Waals surface area contributed by atoms with Gasteiger partial charge >= 0.3 is 0 Å². The van der Waals surface area contributed by atoms with Crippen LogP contribution in [-0.2, 0) is 26.2 Å². The van der Waals surface area contributed by atoms with Crippen molar-refractivity contribution in [3.8, 4) is 0 Å². The lowest BCUT2D eigenvalue weighted by atomic mass is 10.1. The molecule has 1 aliphatic carbocycles. The van der Waals surface area contributed by atoms with Crippen molar-refractivity contribution in [2.45, 2.75) is 43.8 Å². The molecule has 0 unspecified atom stereocenters. The third-order valence-corrected chi connectivity index (χ3v) is 6.56. The summed E-state index contributed by atoms with van der Waals surface area (Å²) in [7, 11) is -3.34. The van der Waals surface area contributed by atoms with Crippen molar-refractivity contribution in [2.24, 2.45) is 0 Å². The maximum Gasteiger partial charge on any atom is 0.246 e. The number of likely N-dealkylation sites (tertiary alicyclic amines) is 1. The molecule has 2 fully saturated rings. The second-order valence-electron chi connectivity index (χ2n) is 6.75. The second-order valence-corrected chi connectivity index (χ2v) is 8.75. The molecule has 136 valence electrons. The van der Waals surface area contributed by atoms with Crippen LogP contribution in [0.3, 0.4) is 0 Å². The number of nitrogens with one attached hydrogen (secondary N) is 1. The molecule has 0 spiro atoms. The molecule has 25 heavy (non-hydrogen) atoms. The third kappa shape index (κ3) is 4.48. The Morgan fingerprint density at radius 3 is 2.80 bits per heavy atom. The van der Waals surface area contributed by atoms with Crippen molar-refractivity contribution in [3.05, 3.63) is 48.0 Å². The molecule has 1 heterocycles. The molecule has 2 aliphatic rings. The lowest BCUT2D eigenvalue weighted by molar-refractivity contribution is -0.125. The Bertz CT molecular complexity index is 758. The number of carbonyl (C=O) groups is 1. The fourth-order valence-electron chi connectivity index (χ4n) is 3.06. The predicted octanol–water partition coefficient (Wildman–Crippen LogP) is 1.36. The van der Waals surface area contributed by atoms with E-state index in [1.165, 1.54) is 6.08 Å². The monoisotopic (exact) mass is 364 g/mol. The Kier molecular flexibility index (Phi) is 5.27. The number of sulfonamides is 1. The molecule has 6 nitrogen and oxygen atoms in total. The number of hydrogen-bond acceptors (Lipinski definition) is 4. The molecular formula is C18H24N2O4S. The zero-order valence-corrected chi connectivity index (χ0v) is 15.2. The average molecular weight is 364 g/mol. The highest BCUT2D eigenvalue weighted by Crippen LogP contribution is 2.29. The molecule has 1 aliphatic heterocycles. The van der Waals surface area contributed by atoms with Gasteiger partial charge in [0.1, 0.15) is 0 Å². The maximum absolute atomic E-state index is 12.3. The van der Waals surface area contributed by atoms with Crippen LogP contribution in [0.1, 0.15) is 24.0 Å². The van der Waals surface area contributed by atoms with Crippen LogP contribution >= 0.6 is 0 Å². The molecule has 0 bridgehead atoms. The summed E-state index contributed by atoms with van der Waals surface area (Å²) in [5.74, 6) is -0.211. The average Bonchev–Trinajstić information content (AvgIpc) is 3.36. The smallest absolute Gasteiger partial charge is 0.246 e. The number of carbonyl (C=O) groups excluding carboxylic acids is 1. The van der Waals surface area contributed by atoms with Gasteiger partial charge in [-0.05, 0) is 31.4 Å². The summed E-state index contributed by atoms with van der Waals surface area (Å²) in [6.07, 6.45) is 2.27. The van der Waals surface area contributed by atoms with Gasteiger partial charge in [-0.25, -0.2) is 13.1 Å². The summed E-state index contributed by atoms with van der Waals surface area (Å²) < 4.78 is 33.3. The van der Waals surface area contributed by atoms with E-state index in [1.54, 1.807) is 4.90 Å². The number of hydrogen-bond donors (Lipinski definition) is 1. The minimum absolute atomic E-state index is 0.211. The fourth-order valence-corrected chi connectivity index (χ4v) is 4.65. The number of amides is 1. The van der Waals surface area contributed by atoms with Gasteiger partial charge in [-0.15, -0.1) is 0 Å². The van der Waals surface area contributed by atoms with Crippen molar-refractivity contribution in [3.63, 3.8) is 0 Å². The predicted molar refractivity (Wildman–Crippen MR) is 95.4 cm³/mol. The summed E-state index contributed by atoms with van der Waals surface area (Å²) in [5, 5.41) is -0.297. The highest BCUT2D eigenvalue weighted by Gasteiger charge is 2.42. The first-order chi connectivity index (χ1) is 11.9. The van der Waals surface area contributed by atoms with E-state index in [9.17, 15) is 13.2 Å². The van der Waals surface area contributed by atoms with Crippen LogP contribution in [0.2, 0.25) is 0 Å². The minimum Gasteiger partial charge on any atom is -0.370 e. The quantitative estimate of drug-likeness (QED) is 0.741. The lowest BCUT2D eigenvalue weighted by Crippen LogP contribution is -2.45. The van der Waals surface area contributed by atoms with E-state index in [-0.39, 0.29) is 17.3 Å². The van der Waals surface area contributed by atoms with Gasteiger partial charge < -0.3 is 9.64 Å². The number of nitrogens with zero attached hydrogens (tertiary/aromatic N) is 1. The Morgan fingerprint density at radius 2 is 2.16 bits per heavy atom. The second kappa shape index (κ2) is 7.27. The zero-order valence-electron chi connectivity index (χ0n) is 14.3. The minimum atomic E-state index is -3.34. The van der Waals surface area contributed by atoms with Gasteiger partial charge in [0, 0.05) is 13.1 Å². The normalized spacial score (nSPS) is 23.6. The van der Waals surface area contributed by atoms with Gasteiger partial charge in [0.2, 0.25) is 15.9 Å². The van der Waals surface area contributed by atoms with Crippen molar-refractivity contribution < 1.29 is 17.9 Å². The van der Waals surface area contributed by atoms with Crippen LogP contribution in [0, 0.1) is 6.92 Å². The molecule has 0 aromatic heterocycles. The standard InChI is InChI=1S/C18H24N2O4S/c1-3-18(21)20-10-16(19-25(22,23)15-7-8-15)17(11-20)24-12-14-6-4-5-13(2)9-14/h3-6,9,15-17,19H,1,7-8,10-12H2,2H3/t16-,17-/m1/s1. The summed E-state index contributed by atoms with van der Waals surface area (Å²) >= 11 is 0. The number of benzene rings is 1. The molecule has 2 atom stereocenters. The molecule has 1 saturated heterocycles. The highest BCUT2D eigenvalue weighted by molar-refractivity contribution is 7.90. The molecule has 1 N–H and O–H groups in total. The number of aryl methyl sites for hydroxylation is 1. The topological polar surface area (TPSA) is 75.7 Å². The first kappa shape index (κ1) is 18.1. The van der Waals surface area contributed by atoms with Gasteiger partial charge in [-0.3, -0.25) is 4.79 Å². The summed E-state index contributed by atoms with van der Waals surface area (Å²) in [4.78, 5) is 13.5. The van der Waals surface area contributed by atoms with Gasteiger partial charge in [0.05, 0.1) is 24.0 Å². The van der Waals surface area contributed by atoms with E-state index in [4.69, 9.17) is 4.74 Å². The van der Waals surface area contributed by atoms with Gasteiger partial charge in [-0.1, -0.05) is 36.4 Å². The Labute approximate surface area is 148 Å². The maximum atomic E-state index is 12.3. The van der Waals surface area contributed by atoms with Gasteiger partial charge in [-0.2, -0.15) is 0 Å². The molecule has 1 saturated carbocycles. The van der Waals surface area contributed by atoms with E-state index in [0.29, 0.717) is 32.5 Å². The van der Waals surface area contributed by atoms with Crippen LogP contribution in [-0.4, -0.2) is 49.7 Å². The first-order valence-electron chi connectivity index (χ1n) is 8.48. The molecule has 3 rings (SSSR count). The molecule has 1 aromatic rings. The Balaban J connectivity index is 1.68. The lowest BCUT2D eigenvalue weighted by Gasteiger charge is -2.20. The first-order valence-corrected chi connectivity index (χ1v) is 10.0. The van der Waals surface area contributed by atoms with Crippen LogP contribution < -0.4 is 4.72 Å². The van der Waals surface area contributed by atoms with Crippen LogP contribution in [0.4, 0.5) is 0 Å². The number of ether oxygens (including phenoxy) is 1. The summed E-state index contributed by atoms with van der Waals surface area (Å²) in [6.45, 7) is 6.55. The third-order valence-electron chi connectivity index (χ3n) is 4.58. The van der Waals surface area contributed by atoms with E-state index < -0.39 is 16.1 Å². The molecule has 7 heteroatoms. The summed E-state index contributed by atoms with van der Waals surface area (Å²) in [5.41, 5.74) is 2.17. The molecular weight excluding hydrogens is 340 g/mol. The molecule has 0 radical (unpaired) electrons. The Morgan fingerprint density at radius 1 is 1.40 bits per heavy atom. The SMILES string of the molecule is C=CC(=O)N1C[C@@H](NS(=O)(=O)C2CC2)[C@H](OCc2cccc(C)c2)C1. The van der Waals surface area contributed by atoms with Crippen LogP contribution in [0.25, 0.3) is 0 Å². The largest absolute Gasteiger partial charge is 0.370 e. The van der Waals surface area contributed by atoms with Crippen molar-refractivity contribution in [1.29, 1.82) is 0 Å². The van der Waals surface area contributed by atoms with E-state index in [0.717, 1.165) is 11.1 Å². The van der Waals surface area contributed by atoms with Crippen molar-refractivity contribution in [1.82, 2.24) is 9.62 Å². The van der Waals surface area contributed by atoms with E-state index in [2.05, 4.69) is 11.3 Å². The Hall–Kier alpha value is -1.70. The van der Waals surface area contributed by atoms with Gasteiger partial charge in [0.25, 0.3) is 0 Å². The molecule has 1 aromatic carbocycles.